The number of aromatic amines is 1. The maximum atomic E-state index is 3.44. The number of benzene rings is 1. The molecule has 1 saturated carbocycles. The molecule has 1 aromatic heterocycles. The van der Waals surface area contributed by atoms with E-state index >= 15 is 0 Å². The van der Waals surface area contributed by atoms with E-state index in [-0.39, 0.29) is 0 Å². The molecule has 1 fully saturated rings. The summed E-state index contributed by atoms with van der Waals surface area (Å²) >= 11 is 2.04. The molecule has 0 amide bonds. The molecule has 3 heteroatoms. The third-order valence-electron chi connectivity index (χ3n) is 3.62. The summed E-state index contributed by atoms with van der Waals surface area (Å²) in [6, 6.07) is 10.9. The largest absolute Gasteiger partial charge is 0.381 e. The molecule has 0 unspecified atom stereocenters. The lowest BCUT2D eigenvalue weighted by molar-refractivity contribution is 0.886. The molecule has 1 aliphatic rings. The van der Waals surface area contributed by atoms with Crippen molar-refractivity contribution in [2.75, 3.05) is 5.32 Å². The Morgan fingerprint density at radius 1 is 1.11 bits per heavy atom. The van der Waals surface area contributed by atoms with E-state index in [2.05, 4.69) is 40.6 Å². The predicted molar refractivity (Wildman–Crippen MR) is 82.7 cm³/mol. The van der Waals surface area contributed by atoms with Crippen molar-refractivity contribution in [1.29, 1.82) is 0 Å². The molecule has 1 aliphatic carbocycles. The van der Waals surface area contributed by atoms with Gasteiger partial charge in [-0.05, 0) is 48.7 Å². The van der Waals surface area contributed by atoms with Gasteiger partial charge in [-0.3, -0.25) is 0 Å². The zero-order chi connectivity index (χ0) is 12.9. The third-order valence-corrected chi connectivity index (χ3v) is 4.97. The van der Waals surface area contributed by atoms with Crippen molar-refractivity contribution in [3.05, 3.63) is 48.3 Å². The second kappa shape index (κ2) is 6.20. The van der Waals surface area contributed by atoms with Crippen molar-refractivity contribution in [3.8, 4) is 0 Å². The van der Waals surface area contributed by atoms with E-state index in [0.29, 0.717) is 0 Å². The van der Waals surface area contributed by atoms with Crippen LogP contribution in [0.4, 0.5) is 5.69 Å². The van der Waals surface area contributed by atoms with E-state index in [9.17, 15) is 0 Å². The van der Waals surface area contributed by atoms with Gasteiger partial charge in [0, 0.05) is 34.8 Å². The van der Waals surface area contributed by atoms with Crippen LogP contribution in [0.1, 0.15) is 31.2 Å². The topological polar surface area (TPSA) is 27.8 Å². The molecule has 0 aliphatic heterocycles. The highest BCUT2D eigenvalue weighted by Gasteiger charge is 2.15. The van der Waals surface area contributed by atoms with Gasteiger partial charge in [0.1, 0.15) is 0 Å². The van der Waals surface area contributed by atoms with Crippen molar-refractivity contribution in [2.45, 2.75) is 42.4 Å². The third kappa shape index (κ3) is 3.57. The summed E-state index contributed by atoms with van der Waals surface area (Å²) in [6.07, 6.45) is 9.58. The number of rotatable bonds is 5. The quantitative estimate of drug-likeness (QED) is 0.828. The molecule has 0 saturated heterocycles. The molecule has 0 radical (unpaired) electrons. The first kappa shape index (κ1) is 12.7. The number of H-pyrrole nitrogens is 1. The molecule has 0 spiro atoms. The van der Waals surface area contributed by atoms with E-state index in [4.69, 9.17) is 0 Å². The van der Waals surface area contributed by atoms with Gasteiger partial charge in [-0.2, -0.15) is 0 Å². The normalized spacial score (nSPS) is 15.8. The molecule has 2 aromatic rings. The summed E-state index contributed by atoms with van der Waals surface area (Å²) in [4.78, 5) is 4.47. The molecule has 1 aromatic carbocycles. The Morgan fingerprint density at radius 3 is 2.58 bits per heavy atom. The van der Waals surface area contributed by atoms with Crippen LogP contribution in [0, 0.1) is 0 Å². The summed E-state index contributed by atoms with van der Waals surface area (Å²) in [6.45, 7) is 0.874. The molecule has 1 heterocycles. The Labute approximate surface area is 119 Å². The first-order chi connectivity index (χ1) is 9.40. The molecule has 0 atom stereocenters. The van der Waals surface area contributed by atoms with Crippen LogP contribution in [0.15, 0.2) is 47.6 Å². The Morgan fingerprint density at radius 2 is 1.89 bits per heavy atom. The average molecular weight is 272 g/mol. The minimum atomic E-state index is 0.846. The summed E-state index contributed by atoms with van der Waals surface area (Å²) < 4.78 is 0. The van der Waals surface area contributed by atoms with Crippen LogP contribution in [0.25, 0.3) is 0 Å². The summed E-state index contributed by atoms with van der Waals surface area (Å²) in [7, 11) is 0. The second-order valence-corrected chi connectivity index (χ2v) is 6.50. The molecule has 2 nitrogen and oxygen atoms in total. The number of anilines is 1. The first-order valence-electron chi connectivity index (χ1n) is 7.02. The molecular weight excluding hydrogens is 252 g/mol. The summed E-state index contributed by atoms with van der Waals surface area (Å²) in [5.74, 6) is 0. The SMILES string of the molecule is c1cc(CNc2ccc(SC3CCCC3)cc2)c[nH]1. The van der Waals surface area contributed by atoms with Gasteiger partial charge in [0.15, 0.2) is 0 Å². The van der Waals surface area contributed by atoms with Crippen molar-refractivity contribution in [3.63, 3.8) is 0 Å². The van der Waals surface area contributed by atoms with Gasteiger partial charge in [0.25, 0.3) is 0 Å². The molecule has 2 N–H and O–H groups in total. The maximum Gasteiger partial charge on any atom is 0.0415 e. The number of hydrogen-bond donors (Lipinski definition) is 2. The van der Waals surface area contributed by atoms with Crippen LogP contribution < -0.4 is 5.32 Å². The van der Waals surface area contributed by atoms with Gasteiger partial charge in [-0.25, -0.2) is 0 Å². The second-order valence-electron chi connectivity index (χ2n) is 5.12. The minimum Gasteiger partial charge on any atom is -0.381 e. The lowest BCUT2D eigenvalue weighted by Crippen LogP contribution is -1.98. The standard InChI is InChI=1S/C16H20N2S/c1-2-4-15(3-1)19-16-7-5-14(6-8-16)18-12-13-9-10-17-11-13/h5-11,15,17-18H,1-4,12H2. The zero-order valence-electron chi connectivity index (χ0n) is 11.1. The summed E-state index contributed by atoms with van der Waals surface area (Å²) in [5, 5.41) is 4.28. The Kier molecular flexibility index (Phi) is 4.13. The lowest BCUT2D eigenvalue weighted by Gasteiger charge is -2.10. The van der Waals surface area contributed by atoms with Crippen molar-refractivity contribution < 1.29 is 0 Å². The maximum absolute atomic E-state index is 3.44. The van der Waals surface area contributed by atoms with E-state index in [1.807, 2.05) is 24.2 Å². The summed E-state index contributed by atoms with van der Waals surface area (Å²) in [5.41, 5.74) is 2.47. The van der Waals surface area contributed by atoms with Crippen LogP contribution >= 0.6 is 11.8 Å². The average Bonchev–Trinajstić information content (AvgIpc) is 3.11. The monoisotopic (exact) mass is 272 g/mol. The highest BCUT2D eigenvalue weighted by Crippen LogP contribution is 2.34. The number of thioether (sulfide) groups is 1. The highest BCUT2D eigenvalue weighted by atomic mass is 32.2. The smallest absolute Gasteiger partial charge is 0.0415 e. The number of nitrogens with one attached hydrogen (secondary N) is 2. The molecule has 3 rings (SSSR count). The Hall–Kier alpha value is -1.35. The lowest BCUT2D eigenvalue weighted by atomic mass is 10.3. The fraction of sp³-hybridized carbons (Fsp3) is 0.375. The zero-order valence-corrected chi connectivity index (χ0v) is 11.9. The predicted octanol–water partition coefficient (Wildman–Crippen LogP) is 4.66. The number of aromatic nitrogens is 1. The van der Waals surface area contributed by atoms with Crippen molar-refractivity contribution >= 4 is 17.4 Å². The van der Waals surface area contributed by atoms with Crippen LogP contribution in [-0.2, 0) is 6.54 Å². The molecular formula is C16H20N2S. The fourth-order valence-corrected chi connectivity index (χ4v) is 3.77. The van der Waals surface area contributed by atoms with Gasteiger partial charge >= 0.3 is 0 Å². The fourth-order valence-electron chi connectivity index (χ4n) is 2.52. The highest BCUT2D eigenvalue weighted by molar-refractivity contribution is 8.00. The van der Waals surface area contributed by atoms with E-state index in [0.717, 1.165) is 11.8 Å². The van der Waals surface area contributed by atoms with Crippen LogP contribution in [0.2, 0.25) is 0 Å². The van der Waals surface area contributed by atoms with E-state index in [1.165, 1.54) is 41.8 Å². The molecule has 19 heavy (non-hydrogen) atoms. The van der Waals surface area contributed by atoms with E-state index < -0.39 is 0 Å². The number of hydrogen-bond acceptors (Lipinski definition) is 2. The Bertz CT molecular complexity index is 484. The van der Waals surface area contributed by atoms with Crippen molar-refractivity contribution in [1.82, 2.24) is 4.98 Å². The van der Waals surface area contributed by atoms with Gasteiger partial charge in [0.2, 0.25) is 0 Å². The molecule has 0 bridgehead atoms. The van der Waals surface area contributed by atoms with Crippen LogP contribution in [0.5, 0.6) is 0 Å². The minimum absolute atomic E-state index is 0.846. The van der Waals surface area contributed by atoms with Crippen LogP contribution in [-0.4, -0.2) is 10.2 Å². The van der Waals surface area contributed by atoms with Crippen molar-refractivity contribution in [2.24, 2.45) is 0 Å². The first-order valence-corrected chi connectivity index (χ1v) is 7.90. The van der Waals surface area contributed by atoms with Gasteiger partial charge in [-0.1, -0.05) is 12.8 Å². The van der Waals surface area contributed by atoms with Crippen LogP contribution in [0.3, 0.4) is 0 Å². The van der Waals surface area contributed by atoms with E-state index in [1.54, 1.807) is 0 Å². The van der Waals surface area contributed by atoms with Gasteiger partial charge in [0.05, 0.1) is 0 Å². The molecule has 100 valence electrons. The Balaban J connectivity index is 1.53. The van der Waals surface area contributed by atoms with Gasteiger partial charge in [-0.15, -0.1) is 11.8 Å². The van der Waals surface area contributed by atoms with Gasteiger partial charge < -0.3 is 10.3 Å².